The Hall–Kier alpha value is -2.58. The molecule has 1 aliphatic rings. The molecule has 0 saturated carbocycles. The average molecular weight is 420 g/mol. The highest BCUT2D eigenvalue weighted by atomic mass is 35.5. The number of amides is 2. The van der Waals surface area contributed by atoms with Crippen molar-refractivity contribution in [3.63, 3.8) is 0 Å². The van der Waals surface area contributed by atoms with E-state index in [1.807, 2.05) is 25.8 Å². The van der Waals surface area contributed by atoms with Crippen LogP contribution in [0.4, 0.5) is 11.4 Å². The minimum atomic E-state index is -0.171. The topological polar surface area (TPSA) is 99.5 Å². The van der Waals surface area contributed by atoms with E-state index in [0.717, 1.165) is 17.1 Å². The van der Waals surface area contributed by atoms with Crippen LogP contribution < -0.4 is 10.6 Å². The molecule has 0 unspecified atom stereocenters. The Morgan fingerprint density at radius 1 is 1.24 bits per heavy atom. The number of nitrogens with zero attached hydrogens (tertiary/aromatic N) is 3. The molecular formula is C20H26ClN5O3. The van der Waals surface area contributed by atoms with Crippen molar-refractivity contribution in [2.75, 3.05) is 30.3 Å². The van der Waals surface area contributed by atoms with E-state index in [9.17, 15) is 14.7 Å². The van der Waals surface area contributed by atoms with Crippen molar-refractivity contribution >= 4 is 34.8 Å². The number of carbonyl (C=O) groups is 2. The molecule has 2 heterocycles. The Morgan fingerprint density at radius 3 is 2.55 bits per heavy atom. The molecule has 9 heteroatoms. The van der Waals surface area contributed by atoms with Crippen LogP contribution >= 0.6 is 11.6 Å². The first kappa shape index (κ1) is 21.1. The van der Waals surface area contributed by atoms with Crippen molar-refractivity contribution in [2.45, 2.75) is 26.7 Å². The highest BCUT2D eigenvalue weighted by Crippen LogP contribution is 2.28. The van der Waals surface area contributed by atoms with Gasteiger partial charge in [-0.05, 0) is 58.0 Å². The number of anilines is 2. The van der Waals surface area contributed by atoms with Gasteiger partial charge in [0, 0.05) is 18.0 Å². The van der Waals surface area contributed by atoms with Crippen molar-refractivity contribution in [3.05, 3.63) is 34.6 Å². The maximum absolute atomic E-state index is 12.5. The van der Waals surface area contributed by atoms with Gasteiger partial charge in [-0.3, -0.25) is 19.2 Å². The van der Waals surface area contributed by atoms with E-state index in [4.69, 9.17) is 11.6 Å². The second-order valence-corrected chi connectivity index (χ2v) is 7.86. The third-order valence-electron chi connectivity index (χ3n) is 5.32. The van der Waals surface area contributed by atoms with Gasteiger partial charge in [0.1, 0.15) is 5.75 Å². The zero-order valence-electron chi connectivity index (χ0n) is 16.8. The number of hydrogen-bond donors (Lipinski definition) is 3. The van der Waals surface area contributed by atoms with E-state index in [-0.39, 0.29) is 30.0 Å². The van der Waals surface area contributed by atoms with Crippen LogP contribution in [0.15, 0.2) is 18.2 Å². The number of hydrogen-bond acceptors (Lipinski definition) is 5. The van der Waals surface area contributed by atoms with Gasteiger partial charge in [0.15, 0.2) is 0 Å². The van der Waals surface area contributed by atoms with Crippen molar-refractivity contribution in [3.8, 4) is 5.75 Å². The summed E-state index contributed by atoms with van der Waals surface area (Å²) in [5.74, 6) is -0.419. The number of likely N-dealkylation sites (tertiary alicyclic amines) is 1. The summed E-state index contributed by atoms with van der Waals surface area (Å²) >= 11 is 5.92. The molecule has 3 rings (SSSR count). The second kappa shape index (κ2) is 8.84. The number of piperidine rings is 1. The highest BCUT2D eigenvalue weighted by Gasteiger charge is 2.26. The molecule has 1 aromatic carbocycles. The molecule has 8 nitrogen and oxygen atoms in total. The average Bonchev–Trinajstić information content (AvgIpc) is 2.91. The molecule has 1 fully saturated rings. The van der Waals surface area contributed by atoms with Gasteiger partial charge in [-0.15, -0.1) is 0 Å². The lowest BCUT2D eigenvalue weighted by Gasteiger charge is -2.30. The molecule has 0 bridgehead atoms. The minimum absolute atomic E-state index is 0.0159. The molecule has 0 radical (unpaired) electrons. The van der Waals surface area contributed by atoms with E-state index < -0.39 is 0 Å². The SMILES string of the molecule is Cc1nn(C)c(C)c1NC(=O)CN1CCC(C(=O)Nc2cc(Cl)ccc2O)CC1. The maximum Gasteiger partial charge on any atom is 0.238 e. The Bertz CT molecular complexity index is 919. The van der Waals surface area contributed by atoms with Gasteiger partial charge in [-0.25, -0.2) is 0 Å². The van der Waals surface area contributed by atoms with Crippen LogP contribution in [0.25, 0.3) is 0 Å². The summed E-state index contributed by atoms with van der Waals surface area (Å²) in [6.07, 6.45) is 1.29. The highest BCUT2D eigenvalue weighted by molar-refractivity contribution is 6.31. The molecular weight excluding hydrogens is 394 g/mol. The number of nitrogens with one attached hydrogen (secondary N) is 2. The third kappa shape index (κ3) is 5.07. The van der Waals surface area contributed by atoms with E-state index >= 15 is 0 Å². The van der Waals surface area contributed by atoms with E-state index in [0.29, 0.717) is 36.6 Å². The van der Waals surface area contributed by atoms with Crippen molar-refractivity contribution < 1.29 is 14.7 Å². The van der Waals surface area contributed by atoms with Crippen molar-refractivity contribution in [1.82, 2.24) is 14.7 Å². The maximum atomic E-state index is 12.5. The van der Waals surface area contributed by atoms with Crippen LogP contribution in [0.2, 0.25) is 5.02 Å². The van der Waals surface area contributed by atoms with Crippen LogP contribution in [0.5, 0.6) is 5.75 Å². The predicted molar refractivity (Wildman–Crippen MR) is 112 cm³/mol. The van der Waals surface area contributed by atoms with Crippen LogP contribution in [0.1, 0.15) is 24.2 Å². The molecule has 0 atom stereocenters. The lowest BCUT2D eigenvalue weighted by Crippen LogP contribution is -2.41. The minimum Gasteiger partial charge on any atom is -0.506 e. The fraction of sp³-hybridized carbons (Fsp3) is 0.450. The zero-order valence-corrected chi connectivity index (χ0v) is 17.6. The first-order valence-electron chi connectivity index (χ1n) is 9.56. The summed E-state index contributed by atoms with van der Waals surface area (Å²) in [6.45, 7) is 5.36. The number of carbonyl (C=O) groups excluding carboxylic acids is 2. The summed E-state index contributed by atoms with van der Waals surface area (Å²) < 4.78 is 1.74. The summed E-state index contributed by atoms with van der Waals surface area (Å²) in [7, 11) is 1.84. The Balaban J connectivity index is 1.49. The number of phenols is 1. The predicted octanol–water partition coefficient (Wildman–Crippen LogP) is 2.69. The van der Waals surface area contributed by atoms with Gasteiger partial charge in [-0.2, -0.15) is 5.10 Å². The van der Waals surface area contributed by atoms with E-state index in [2.05, 4.69) is 15.7 Å². The molecule has 0 spiro atoms. The number of phenolic OH excluding ortho intramolecular Hbond substituents is 1. The van der Waals surface area contributed by atoms with E-state index in [1.54, 1.807) is 10.7 Å². The molecule has 1 aliphatic heterocycles. The fourth-order valence-corrected chi connectivity index (χ4v) is 3.71. The molecule has 156 valence electrons. The zero-order chi connectivity index (χ0) is 21.1. The Labute approximate surface area is 174 Å². The van der Waals surface area contributed by atoms with Crippen molar-refractivity contribution in [1.29, 1.82) is 0 Å². The smallest absolute Gasteiger partial charge is 0.238 e. The van der Waals surface area contributed by atoms with Gasteiger partial charge in [0.25, 0.3) is 0 Å². The number of rotatable bonds is 5. The third-order valence-corrected chi connectivity index (χ3v) is 5.55. The summed E-state index contributed by atoms with van der Waals surface area (Å²) in [5.41, 5.74) is 2.77. The molecule has 3 N–H and O–H groups in total. The standard InChI is InChI=1S/C20H26ClN5O3/c1-12-19(13(2)25(3)24-12)23-18(28)11-26-8-6-14(7-9-26)20(29)22-16-10-15(21)4-5-17(16)27/h4-5,10,14,27H,6-9,11H2,1-3H3,(H,22,29)(H,23,28). The quantitative estimate of drug-likeness (QED) is 0.647. The van der Waals surface area contributed by atoms with Gasteiger partial charge in [-0.1, -0.05) is 11.6 Å². The van der Waals surface area contributed by atoms with Gasteiger partial charge in [0.05, 0.1) is 29.3 Å². The summed E-state index contributed by atoms with van der Waals surface area (Å²) in [6, 6.07) is 4.53. The number of halogens is 1. The number of aromatic hydroxyl groups is 1. The van der Waals surface area contributed by atoms with Crippen LogP contribution in [0, 0.1) is 19.8 Å². The molecule has 29 heavy (non-hydrogen) atoms. The second-order valence-electron chi connectivity index (χ2n) is 7.42. The van der Waals surface area contributed by atoms with Gasteiger partial charge >= 0.3 is 0 Å². The molecule has 2 aromatic rings. The largest absolute Gasteiger partial charge is 0.506 e. The molecule has 2 amide bonds. The summed E-state index contributed by atoms with van der Waals surface area (Å²) in [4.78, 5) is 27.0. The van der Waals surface area contributed by atoms with E-state index in [1.165, 1.54) is 12.1 Å². The molecule has 1 aromatic heterocycles. The monoisotopic (exact) mass is 419 g/mol. The number of benzene rings is 1. The van der Waals surface area contributed by atoms with Gasteiger partial charge in [0.2, 0.25) is 11.8 Å². The lowest BCUT2D eigenvalue weighted by atomic mass is 9.95. The Morgan fingerprint density at radius 2 is 1.93 bits per heavy atom. The number of aromatic nitrogens is 2. The molecule has 0 aliphatic carbocycles. The van der Waals surface area contributed by atoms with Crippen LogP contribution in [-0.4, -0.2) is 51.2 Å². The van der Waals surface area contributed by atoms with Crippen LogP contribution in [-0.2, 0) is 16.6 Å². The van der Waals surface area contributed by atoms with Crippen LogP contribution in [0.3, 0.4) is 0 Å². The molecule has 1 saturated heterocycles. The normalized spacial score (nSPS) is 15.3. The number of aryl methyl sites for hydroxylation is 2. The summed E-state index contributed by atoms with van der Waals surface area (Å²) in [5, 5.41) is 20.3. The first-order chi connectivity index (χ1) is 13.7. The van der Waals surface area contributed by atoms with Gasteiger partial charge < -0.3 is 15.7 Å². The fourth-order valence-electron chi connectivity index (χ4n) is 3.53. The lowest BCUT2D eigenvalue weighted by molar-refractivity contribution is -0.121. The first-order valence-corrected chi connectivity index (χ1v) is 9.94. The Kier molecular flexibility index (Phi) is 6.44. The van der Waals surface area contributed by atoms with Crippen molar-refractivity contribution in [2.24, 2.45) is 13.0 Å².